The Balaban J connectivity index is 1.74. The summed E-state index contributed by atoms with van der Waals surface area (Å²) < 4.78 is 6.05. The van der Waals surface area contributed by atoms with Crippen LogP contribution in [0.25, 0.3) is 0 Å². The van der Waals surface area contributed by atoms with Crippen LogP contribution >= 0.6 is 0 Å². The second kappa shape index (κ2) is 8.24. The van der Waals surface area contributed by atoms with Crippen LogP contribution < -0.4 is 4.74 Å². The van der Waals surface area contributed by atoms with Gasteiger partial charge in [-0.15, -0.1) is 0 Å². The van der Waals surface area contributed by atoms with Gasteiger partial charge < -0.3 is 4.74 Å². The van der Waals surface area contributed by atoms with Gasteiger partial charge in [0.05, 0.1) is 6.10 Å². The minimum atomic E-state index is 0.462. The molecule has 0 unspecified atom stereocenters. The minimum Gasteiger partial charge on any atom is -0.490 e. The standard InChI is InChI=1S/C18H28O/c1-2-3-4-6-9-16-12-14-18(15-13-16)19-17-10-7-5-8-11-17/h12-15,17H,2-11H2,1H3. The van der Waals surface area contributed by atoms with Gasteiger partial charge in [-0.2, -0.15) is 0 Å². The molecule has 0 aromatic heterocycles. The molecule has 0 radical (unpaired) electrons. The molecule has 2 rings (SSSR count). The highest BCUT2D eigenvalue weighted by Gasteiger charge is 2.14. The third-order valence-electron chi connectivity index (χ3n) is 4.10. The molecule has 1 fully saturated rings. The summed E-state index contributed by atoms with van der Waals surface area (Å²) in [5.74, 6) is 1.06. The Morgan fingerprint density at radius 1 is 0.947 bits per heavy atom. The summed E-state index contributed by atoms with van der Waals surface area (Å²) in [6.45, 7) is 2.26. The lowest BCUT2D eigenvalue weighted by atomic mass is 9.98. The molecule has 1 aliphatic carbocycles. The van der Waals surface area contributed by atoms with Gasteiger partial charge in [-0.3, -0.25) is 0 Å². The highest BCUT2D eigenvalue weighted by molar-refractivity contribution is 5.27. The number of rotatable bonds is 7. The molecule has 1 aromatic rings. The Morgan fingerprint density at radius 3 is 2.37 bits per heavy atom. The Morgan fingerprint density at radius 2 is 1.68 bits per heavy atom. The van der Waals surface area contributed by atoms with Crippen LogP contribution in [0, 0.1) is 0 Å². The minimum absolute atomic E-state index is 0.462. The van der Waals surface area contributed by atoms with E-state index in [0.29, 0.717) is 6.10 Å². The Bertz CT molecular complexity index is 335. The average molecular weight is 260 g/mol. The van der Waals surface area contributed by atoms with Crippen LogP contribution in [0.5, 0.6) is 5.75 Å². The number of ether oxygens (including phenoxy) is 1. The first kappa shape index (κ1) is 14.4. The molecule has 0 spiro atoms. The third-order valence-corrected chi connectivity index (χ3v) is 4.10. The number of benzene rings is 1. The van der Waals surface area contributed by atoms with E-state index in [4.69, 9.17) is 4.74 Å². The lowest BCUT2D eigenvalue weighted by Crippen LogP contribution is -2.19. The first-order valence-electron chi connectivity index (χ1n) is 8.14. The lowest BCUT2D eigenvalue weighted by molar-refractivity contribution is 0.155. The van der Waals surface area contributed by atoms with Crippen molar-refractivity contribution in [1.29, 1.82) is 0 Å². The fraction of sp³-hybridized carbons (Fsp3) is 0.667. The molecule has 0 heterocycles. The van der Waals surface area contributed by atoms with Crippen LogP contribution in [0.3, 0.4) is 0 Å². The summed E-state index contributed by atoms with van der Waals surface area (Å²) in [4.78, 5) is 0. The van der Waals surface area contributed by atoms with E-state index in [1.54, 1.807) is 0 Å². The van der Waals surface area contributed by atoms with E-state index >= 15 is 0 Å². The molecule has 19 heavy (non-hydrogen) atoms. The van der Waals surface area contributed by atoms with Crippen molar-refractivity contribution in [3.05, 3.63) is 29.8 Å². The largest absolute Gasteiger partial charge is 0.490 e. The van der Waals surface area contributed by atoms with Crippen molar-refractivity contribution in [1.82, 2.24) is 0 Å². The topological polar surface area (TPSA) is 9.23 Å². The highest BCUT2D eigenvalue weighted by Crippen LogP contribution is 2.23. The van der Waals surface area contributed by atoms with E-state index in [0.717, 1.165) is 5.75 Å². The van der Waals surface area contributed by atoms with E-state index in [1.165, 1.54) is 69.8 Å². The van der Waals surface area contributed by atoms with Crippen LogP contribution in [0.4, 0.5) is 0 Å². The van der Waals surface area contributed by atoms with Gasteiger partial charge in [0, 0.05) is 0 Å². The molecule has 0 N–H and O–H groups in total. The summed E-state index contributed by atoms with van der Waals surface area (Å²) in [5, 5.41) is 0. The SMILES string of the molecule is CCCCCCc1ccc(OC2CCCCC2)cc1. The van der Waals surface area contributed by atoms with Crippen molar-refractivity contribution in [3.63, 3.8) is 0 Å². The maximum Gasteiger partial charge on any atom is 0.119 e. The summed E-state index contributed by atoms with van der Waals surface area (Å²) in [6, 6.07) is 8.79. The van der Waals surface area contributed by atoms with Gasteiger partial charge in [0.1, 0.15) is 5.75 Å². The molecule has 1 saturated carbocycles. The number of unbranched alkanes of at least 4 members (excludes halogenated alkanes) is 3. The highest BCUT2D eigenvalue weighted by atomic mass is 16.5. The van der Waals surface area contributed by atoms with Gasteiger partial charge >= 0.3 is 0 Å². The molecule has 0 amide bonds. The molecule has 0 bridgehead atoms. The van der Waals surface area contributed by atoms with E-state index in [1.807, 2.05) is 0 Å². The Labute approximate surface area is 118 Å². The maximum atomic E-state index is 6.05. The molecule has 1 nitrogen and oxygen atoms in total. The molecular weight excluding hydrogens is 232 g/mol. The van der Waals surface area contributed by atoms with Crippen molar-refractivity contribution < 1.29 is 4.74 Å². The smallest absolute Gasteiger partial charge is 0.119 e. The number of hydrogen-bond donors (Lipinski definition) is 0. The molecule has 1 aromatic carbocycles. The molecule has 0 atom stereocenters. The summed E-state index contributed by atoms with van der Waals surface area (Å²) in [7, 11) is 0. The number of hydrogen-bond acceptors (Lipinski definition) is 1. The molecule has 106 valence electrons. The fourth-order valence-corrected chi connectivity index (χ4v) is 2.87. The predicted molar refractivity (Wildman–Crippen MR) is 81.8 cm³/mol. The van der Waals surface area contributed by atoms with Crippen LogP contribution in [-0.2, 0) is 6.42 Å². The normalized spacial score (nSPS) is 16.5. The first-order chi connectivity index (χ1) is 9.38. The Hall–Kier alpha value is -0.980. The maximum absolute atomic E-state index is 6.05. The second-order valence-corrected chi connectivity index (χ2v) is 5.83. The van der Waals surface area contributed by atoms with Crippen LogP contribution in [0.15, 0.2) is 24.3 Å². The monoisotopic (exact) mass is 260 g/mol. The van der Waals surface area contributed by atoms with Gasteiger partial charge in [-0.1, -0.05) is 44.7 Å². The quantitative estimate of drug-likeness (QED) is 0.586. The van der Waals surface area contributed by atoms with Gasteiger partial charge in [-0.25, -0.2) is 0 Å². The van der Waals surface area contributed by atoms with Crippen LogP contribution in [0.1, 0.15) is 70.3 Å². The molecule has 1 heteroatoms. The summed E-state index contributed by atoms with van der Waals surface area (Å²) in [5.41, 5.74) is 1.45. The lowest BCUT2D eigenvalue weighted by Gasteiger charge is -2.23. The van der Waals surface area contributed by atoms with Gasteiger partial charge in [0.15, 0.2) is 0 Å². The molecule has 0 aliphatic heterocycles. The van der Waals surface area contributed by atoms with Crippen molar-refractivity contribution in [3.8, 4) is 5.75 Å². The Kier molecular flexibility index (Phi) is 6.26. The van der Waals surface area contributed by atoms with Gasteiger partial charge in [0.25, 0.3) is 0 Å². The zero-order valence-corrected chi connectivity index (χ0v) is 12.4. The molecular formula is C18H28O. The van der Waals surface area contributed by atoms with E-state index in [2.05, 4.69) is 31.2 Å². The van der Waals surface area contributed by atoms with Crippen LogP contribution in [0.2, 0.25) is 0 Å². The predicted octanol–water partition coefficient (Wildman–Crippen LogP) is 5.52. The summed E-state index contributed by atoms with van der Waals surface area (Å²) in [6.07, 6.45) is 13.5. The van der Waals surface area contributed by atoms with Crippen molar-refractivity contribution >= 4 is 0 Å². The number of aryl methyl sites for hydroxylation is 1. The van der Waals surface area contributed by atoms with Crippen molar-refractivity contribution in [2.24, 2.45) is 0 Å². The van der Waals surface area contributed by atoms with Crippen LogP contribution in [-0.4, -0.2) is 6.10 Å². The zero-order chi connectivity index (χ0) is 13.3. The van der Waals surface area contributed by atoms with E-state index in [-0.39, 0.29) is 0 Å². The first-order valence-corrected chi connectivity index (χ1v) is 8.14. The molecule has 1 aliphatic rings. The van der Waals surface area contributed by atoms with Gasteiger partial charge in [-0.05, 0) is 56.2 Å². The van der Waals surface area contributed by atoms with E-state index in [9.17, 15) is 0 Å². The second-order valence-electron chi connectivity index (χ2n) is 5.83. The zero-order valence-electron chi connectivity index (χ0n) is 12.4. The fourth-order valence-electron chi connectivity index (χ4n) is 2.87. The van der Waals surface area contributed by atoms with Crippen molar-refractivity contribution in [2.45, 2.75) is 77.2 Å². The van der Waals surface area contributed by atoms with Gasteiger partial charge in [0.2, 0.25) is 0 Å². The average Bonchev–Trinajstić information content (AvgIpc) is 2.46. The third kappa shape index (κ3) is 5.26. The summed E-state index contributed by atoms with van der Waals surface area (Å²) >= 11 is 0. The van der Waals surface area contributed by atoms with Crippen molar-refractivity contribution in [2.75, 3.05) is 0 Å². The van der Waals surface area contributed by atoms with E-state index < -0.39 is 0 Å². The molecule has 0 saturated heterocycles.